The Bertz CT molecular complexity index is 565. The fourth-order valence-electron chi connectivity index (χ4n) is 1.45. The predicted molar refractivity (Wildman–Crippen MR) is 79.1 cm³/mol. The number of nitriles is 1. The van der Waals surface area contributed by atoms with Gasteiger partial charge in [0.15, 0.2) is 11.4 Å². The lowest BCUT2D eigenvalue weighted by Gasteiger charge is -2.01. The van der Waals surface area contributed by atoms with Gasteiger partial charge in [-0.05, 0) is 46.3 Å². The second-order valence-electron chi connectivity index (χ2n) is 3.42. The molecule has 18 heavy (non-hydrogen) atoms. The lowest BCUT2D eigenvalue weighted by atomic mass is 10.1. The summed E-state index contributed by atoms with van der Waals surface area (Å²) >= 11 is 3.09. The van der Waals surface area contributed by atoms with E-state index in [0.717, 1.165) is 5.69 Å². The van der Waals surface area contributed by atoms with Gasteiger partial charge in [0.2, 0.25) is 0 Å². The van der Waals surface area contributed by atoms with Crippen LogP contribution in [0.1, 0.15) is 0 Å². The van der Waals surface area contributed by atoms with Crippen molar-refractivity contribution in [1.29, 1.82) is 5.26 Å². The maximum Gasteiger partial charge on any atom is 0.183 e. The monoisotopic (exact) mass is 273 g/mol. The molecule has 1 heterocycles. The number of aliphatic imine (C=N–C) groups is 1. The van der Waals surface area contributed by atoms with Crippen molar-refractivity contribution in [2.45, 2.75) is 0 Å². The van der Waals surface area contributed by atoms with Gasteiger partial charge >= 0.3 is 0 Å². The third-order valence-electron chi connectivity index (χ3n) is 2.31. The standard InChI is InChI=1S/C13H11N3S2/c1-17-13(15-9-14)16-12-4-2-10(3-5-12)11-6-7-18-8-11/h2-8H,1H3,(H,15,16). The average Bonchev–Trinajstić information content (AvgIpc) is 2.93. The fraction of sp³-hybridized carbons (Fsp3) is 0.0769. The Morgan fingerprint density at radius 1 is 1.28 bits per heavy atom. The van der Waals surface area contributed by atoms with Crippen molar-refractivity contribution in [1.82, 2.24) is 5.32 Å². The SMILES string of the molecule is CSC(=Nc1ccc(-c2ccsc2)cc1)NC#N. The molecule has 1 N–H and O–H groups in total. The Hall–Kier alpha value is -1.77. The number of hydrogen-bond acceptors (Lipinski definition) is 4. The van der Waals surface area contributed by atoms with Gasteiger partial charge in [-0.25, -0.2) is 4.99 Å². The van der Waals surface area contributed by atoms with Crippen LogP contribution in [0.4, 0.5) is 5.69 Å². The number of thioether (sulfide) groups is 1. The van der Waals surface area contributed by atoms with Gasteiger partial charge in [-0.3, -0.25) is 5.32 Å². The van der Waals surface area contributed by atoms with E-state index in [9.17, 15) is 0 Å². The first-order chi connectivity index (χ1) is 8.83. The summed E-state index contributed by atoms with van der Waals surface area (Å²) in [5.74, 6) is 0. The van der Waals surface area contributed by atoms with Gasteiger partial charge in [0.05, 0.1) is 5.69 Å². The van der Waals surface area contributed by atoms with E-state index in [0.29, 0.717) is 5.17 Å². The van der Waals surface area contributed by atoms with Crippen molar-refractivity contribution >= 4 is 34.0 Å². The zero-order valence-corrected chi connectivity index (χ0v) is 11.4. The second-order valence-corrected chi connectivity index (χ2v) is 4.99. The molecule has 2 aromatic rings. The summed E-state index contributed by atoms with van der Waals surface area (Å²) in [6, 6.07) is 10.1. The molecular formula is C13H11N3S2. The van der Waals surface area contributed by atoms with E-state index in [1.165, 1.54) is 22.9 Å². The molecule has 0 bridgehead atoms. The predicted octanol–water partition coefficient (Wildman–Crippen LogP) is 3.84. The zero-order chi connectivity index (χ0) is 12.8. The van der Waals surface area contributed by atoms with Gasteiger partial charge in [0, 0.05) is 0 Å². The van der Waals surface area contributed by atoms with E-state index in [1.54, 1.807) is 11.3 Å². The first-order valence-corrected chi connectivity index (χ1v) is 7.40. The summed E-state index contributed by atoms with van der Waals surface area (Å²) in [4.78, 5) is 4.34. The van der Waals surface area contributed by atoms with E-state index < -0.39 is 0 Å². The summed E-state index contributed by atoms with van der Waals surface area (Å²) in [5, 5.41) is 15.9. The summed E-state index contributed by atoms with van der Waals surface area (Å²) in [7, 11) is 0. The van der Waals surface area contributed by atoms with Crippen molar-refractivity contribution < 1.29 is 0 Å². The lowest BCUT2D eigenvalue weighted by Crippen LogP contribution is -2.12. The average molecular weight is 273 g/mol. The van der Waals surface area contributed by atoms with Crippen molar-refractivity contribution in [2.24, 2.45) is 4.99 Å². The molecule has 0 saturated carbocycles. The van der Waals surface area contributed by atoms with Crippen LogP contribution in [-0.2, 0) is 0 Å². The number of nitrogens with one attached hydrogen (secondary N) is 1. The first kappa shape index (κ1) is 12.7. The quantitative estimate of drug-likeness (QED) is 0.391. The van der Waals surface area contributed by atoms with Gasteiger partial charge < -0.3 is 0 Å². The molecule has 90 valence electrons. The van der Waals surface area contributed by atoms with Crippen LogP contribution in [0.5, 0.6) is 0 Å². The maximum absolute atomic E-state index is 8.56. The number of thiophene rings is 1. The molecule has 0 radical (unpaired) electrons. The molecule has 0 atom stereocenters. The van der Waals surface area contributed by atoms with Gasteiger partial charge in [0.1, 0.15) is 0 Å². The van der Waals surface area contributed by atoms with Gasteiger partial charge in [-0.2, -0.15) is 16.6 Å². The molecule has 0 fully saturated rings. The minimum absolute atomic E-state index is 0.598. The smallest absolute Gasteiger partial charge is 0.183 e. The molecule has 0 saturated heterocycles. The Kier molecular flexibility index (Phi) is 4.40. The molecule has 5 heteroatoms. The molecule has 3 nitrogen and oxygen atoms in total. The summed E-state index contributed by atoms with van der Waals surface area (Å²) in [6.45, 7) is 0. The summed E-state index contributed by atoms with van der Waals surface area (Å²) in [5.41, 5.74) is 3.23. The van der Waals surface area contributed by atoms with Crippen LogP contribution >= 0.6 is 23.1 Å². The molecule has 1 aromatic heterocycles. The molecule has 0 aliphatic rings. The highest BCUT2D eigenvalue weighted by Crippen LogP contribution is 2.24. The lowest BCUT2D eigenvalue weighted by molar-refractivity contribution is 1.28. The number of hydrogen-bond donors (Lipinski definition) is 1. The van der Waals surface area contributed by atoms with Gasteiger partial charge in [-0.1, -0.05) is 23.9 Å². The zero-order valence-electron chi connectivity index (χ0n) is 9.75. The van der Waals surface area contributed by atoms with Crippen LogP contribution in [0.3, 0.4) is 0 Å². The number of nitrogens with zero attached hydrogens (tertiary/aromatic N) is 2. The van der Waals surface area contributed by atoms with Crippen LogP contribution < -0.4 is 5.32 Å². The van der Waals surface area contributed by atoms with E-state index in [4.69, 9.17) is 5.26 Å². The fourth-order valence-corrected chi connectivity index (χ4v) is 2.46. The highest BCUT2D eigenvalue weighted by atomic mass is 32.2. The second kappa shape index (κ2) is 6.24. The third kappa shape index (κ3) is 3.13. The maximum atomic E-state index is 8.56. The minimum Gasteiger partial charge on any atom is -0.271 e. The van der Waals surface area contributed by atoms with E-state index >= 15 is 0 Å². The van der Waals surface area contributed by atoms with E-state index in [-0.39, 0.29) is 0 Å². The Balaban J connectivity index is 2.20. The highest BCUT2D eigenvalue weighted by molar-refractivity contribution is 8.13. The van der Waals surface area contributed by atoms with Crippen molar-refractivity contribution in [3.05, 3.63) is 41.1 Å². The third-order valence-corrected chi connectivity index (χ3v) is 3.57. The Morgan fingerprint density at radius 2 is 2.06 bits per heavy atom. The topological polar surface area (TPSA) is 48.2 Å². The van der Waals surface area contributed by atoms with Crippen molar-refractivity contribution in [3.63, 3.8) is 0 Å². The van der Waals surface area contributed by atoms with Crippen LogP contribution in [0.2, 0.25) is 0 Å². The molecule has 0 unspecified atom stereocenters. The molecule has 0 spiro atoms. The Morgan fingerprint density at radius 3 is 2.61 bits per heavy atom. The normalized spacial score (nSPS) is 11.0. The molecule has 2 rings (SSSR count). The Labute approximate surface area is 114 Å². The van der Waals surface area contributed by atoms with Crippen LogP contribution in [0.25, 0.3) is 11.1 Å². The molecular weight excluding hydrogens is 262 g/mol. The molecule has 0 aliphatic heterocycles. The van der Waals surface area contributed by atoms with Crippen LogP contribution in [-0.4, -0.2) is 11.4 Å². The summed E-state index contributed by atoms with van der Waals surface area (Å²) in [6.07, 6.45) is 3.75. The van der Waals surface area contributed by atoms with Gasteiger partial charge in [0.25, 0.3) is 0 Å². The van der Waals surface area contributed by atoms with E-state index in [1.807, 2.05) is 36.7 Å². The molecule has 0 amide bonds. The highest BCUT2D eigenvalue weighted by Gasteiger charge is 1.99. The van der Waals surface area contributed by atoms with Crippen LogP contribution in [0.15, 0.2) is 46.1 Å². The van der Waals surface area contributed by atoms with Gasteiger partial charge in [-0.15, -0.1) is 0 Å². The molecule has 1 aromatic carbocycles. The first-order valence-electron chi connectivity index (χ1n) is 5.24. The van der Waals surface area contributed by atoms with Crippen molar-refractivity contribution in [3.8, 4) is 17.3 Å². The molecule has 0 aliphatic carbocycles. The summed E-state index contributed by atoms with van der Waals surface area (Å²) < 4.78 is 0. The number of rotatable bonds is 2. The minimum atomic E-state index is 0.598. The van der Waals surface area contributed by atoms with E-state index in [2.05, 4.69) is 27.1 Å². The largest absolute Gasteiger partial charge is 0.271 e. The number of amidine groups is 1. The van der Waals surface area contributed by atoms with Crippen molar-refractivity contribution in [2.75, 3.05) is 6.26 Å². The van der Waals surface area contributed by atoms with Crippen LogP contribution in [0, 0.1) is 11.5 Å². The number of benzene rings is 1.